The van der Waals surface area contributed by atoms with Gasteiger partial charge in [0.2, 0.25) is 0 Å². The molecule has 0 aromatic heterocycles. The normalized spacial score (nSPS) is 26.6. The molecule has 0 N–H and O–H groups in total. The van der Waals surface area contributed by atoms with Gasteiger partial charge in [-0.25, -0.2) is 0 Å². The molecule has 2 unspecified atom stereocenters. The Morgan fingerprint density at radius 1 is 1.21 bits per heavy atom. The number of unbranched alkanes of at least 4 members (excludes halogenated alkanes) is 1. The minimum absolute atomic E-state index is 0.0756. The van der Waals surface area contributed by atoms with Crippen LogP contribution in [0.3, 0.4) is 0 Å². The SMILES string of the molecule is CCCCC12C=CC(O1)c1cc(OC)c(OC)cc12. The molecule has 0 spiro atoms. The highest BCUT2D eigenvalue weighted by atomic mass is 16.5. The number of benzene rings is 1. The number of ether oxygens (including phenoxy) is 3. The van der Waals surface area contributed by atoms with Crippen LogP contribution < -0.4 is 9.47 Å². The van der Waals surface area contributed by atoms with Crippen molar-refractivity contribution in [2.24, 2.45) is 0 Å². The van der Waals surface area contributed by atoms with Gasteiger partial charge in [-0.2, -0.15) is 0 Å². The third kappa shape index (κ3) is 1.76. The van der Waals surface area contributed by atoms with Gasteiger partial charge in [-0.1, -0.05) is 25.8 Å². The van der Waals surface area contributed by atoms with Crippen molar-refractivity contribution in [1.82, 2.24) is 0 Å². The molecule has 0 aliphatic carbocycles. The van der Waals surface area contributed by atoms with Crippen LogP contribution in [0.25, 0.3) is 0 Å². The Balaban J connectivity index is 2.05. The van der Waals surface area contributed by atoms with E-state index in [0.717, 1.165) is 24.3 Å². The number of fused-ring (bicyclic) bond motifs is 5. The Bertz CT molecular complexity index is 521. The summed E-state index contributed by atoms with van der Waals surface area (Å²) in [5.74, 6) is 1.55. The average molecular weight is 260 g/mol. The van der Waals surface area contributed by atoms with E-state index in [9.17, 15) is 0 Å². The number of hydrogen-bond donors (Lipinski definition) is 0. The summed E-state index contributed by atoms with van der Waals surface area (Å²) in [5, 5.41) is 0. The van der Waals surface area contributed by atoms with Crippen molar-refractivity contribution in [3.05, 3.63) is 35.4 Å². The van der Waals surface area contributed by atoms with Crippen molar-refractivity contribution < 1.29 is 14.2 Å². The number of hydrogen-bond acceptors (Lipinski definition) is 3. The molecular weight excluding hydrogens is 240 g/mol. The second-order valence-corrected chi connectivity index (χ2v) is 5.19. The predicted molar refractivity (Wildman–Crippen MR) is 73.7 cm³/mol. The highest BCUT2D eigenvalue weighted by Gasteiger charge is 2.46. The van der Waals surface area contributed by atoms with Gasteiger partial charge < -0.3 is 14.2 Å². The lowest BCUT2D eigenvalue weighted by molar-refractivity contribution is -0.0100. The first kappa shape index (κ1) is 12.5. The van der Waals surface area contributed by atoms with Crippen LogP contribution in [0.1, 0.15) is 43.4 Å². The van der Waals surface area contributed by atoms with Crippen LogP contribution in [0.2, 0.25) is 0 Å². The van der Waals surface area contributed by atoms with E-state index < -0.39 is 0 Å². The van der Waals surface area contributed by atoms with E-state index in [1.807, 2.05) is 0 Å². The fourth-order valence-electron chi connectivity index (χ4n) is 3.08. The smallest absolute Gasteiger partial charge is 0.161 e. The van der Waals surface area contributed by atoms with E-state index in [1.54, 1.807) is 14.2 Å². The number of methoxy groups -OCH3 is 2. The Kier molecular flexibility index (Phi) is 3.02. The first-order valence-corrected chi connectivity index (χ1v) is 6.87. The van der Waals surface area contributed by atoms with Crippen molar-refractivity contribution in [1.29, 1.82) is 0 Å². The van der Waals surface area contributed by atoms with Crippen molar-refractivity contribution in [3.63, 3.8) is 0 Å². The van der Waals surface area contributed by atoms with E-state index in [0.29, 0.717) is 0 Å². The molecule has 0 radical (unpaired) electrons. The van der Waals surface area contributed by atoms with Crippen LogP contribution in [-0.4, -0.2) is 14.2 Å². The van der Waals surface area contributed by atoms with Gasteiger partial charge in [0.1, 0.15) is 11.7 Å². The zero-order valence-corrected chi connectivity index (χ0v) is 11.7. The second-order valence-electron chi connectivity index (χ2n) is 5.19. The Labute approximate surface area is 114 Å². The molecule has 1 aromatic rings. The topological polar surface area (TPSA) is 27.7 Å². The molecule has 19 heavy (non-hydrogen) atoms. The van der Waals surface area contributed by atoms with E-state index in [-0.39, 0.29) is 11.7 Å². The molecule has 2 aliphatic rings. The standard InChI is InChI=1S/C16H20O3/c1-4-5-7-16-8-6-13(19-16)11-9-14(17-2)15(18-3)10-12(11)16/h6,8-10,13H,4-5,7H2,1-3H3. The summed E-state index contributed by atoms with van der Waals surface area (Å²) in [6, 6.07) is 4.13. The van der Waals surface area contributed by atoms with Gasteiger partial charge >= 0.3 is 0 Å². The highest BCUT2D eigenvalue weighted by molar-refractivity contribution is 5.56. The summed E-state index contributed by atoms with van der Waals surface area (Å²) < 4.78 is 17.0. The molecule has 2 atom stereocenters. The molecule has 3 nitrogen and oxygen atoms in total. The molecule has 3 heteroatoms. The molecule has 2 aliphatic heterocycles. The van der Waals surface area contributed by atoms with Crippen molar-refractivity contribution in [3.8, 4) is 11.5 Å². The summed E-state index contributed by atoms with van der Waals surface area (Å²) >= 11 is 0. The maximum atomic E-state index is 6.21. The van der Waals surface area contributed by atoms with Gasteiger partial charge in [0.15, 0.2) is 11.5 Å². The first-order valence-electron chi connectivity index (χ1n) is 6.87. The molecule has 2 heterocycles. The fraction of sp³-hybridized carbons (Fsp3) is 0.500. The van der Waals surface area contributed by atoms with Crippen LogP contribution in [-0.2, 0) is 10.3 Å². The quantitative estimate of drug-likeness (QED) is 0.755. The summed E-state index contributed by atoms with van der Waals surface area (Å²) in [6.45, 7) is 2.21. The zero-order valence-electron chi connectivity index (χ0n) is 11.7. The van der Waals surface area contributed by atoms with Crippen molar-refractivity contribution in [2.75, 3.05) is 14.2 Å². The van der Waals surface area contributed by atoms with Gasteiger partial charge in [0, 0.05) is 0 Å². The van der Waals surface area contributed by atoms with Gasteiger partial charge in [-0.15, -0.1) is 0 Å². The van der Waals surface area contributed by atoms with Crippen molar-refractivity contribution in [2.45, 2.75) is 37.9 Å². The molecule has 0 saturated heterocycles. The molecule has 0 saturated carbocycles. The van der Waals surface area contributed by atoms with Crippen LogP contribution >= 0.6 is 0 Å². The molecule has 102 valence electrons. The van der Waals surface area contributed by atoms with Gasteiger partial charge in [0.05, 0.1) is 14.2 Å². The minimum atomic E-state index is -0.241. The van der Waals surface area contributed by atoms with E-state index >= 15 is 0 Å². The molecule has 1 aromatic carbocycles. The summed E-state index contributed by atoms with van der Waals surface area (Å²) in [7, 11) is 3.34. The third-order valence-electron chi connectivity index (χ3n) is 4.10. The monoisotopic (exact) mass is 260 g/mol. The van der Waals surface area contributed by atoms with Crippen LogP contribution in [0, 0.1) is 0 Å². The van der Waals surface area contributed by atoms with Crippen molar-refractivity contribution >= 4 is 0 Å². The van der Waals surface area contributed by atoms with Crippen LogP contribution in [0.4, 0.5) is 0 Å². The average Bonchev–Trinajstić information content (AvgIpc) is 3.00. The maximum absolute atomic E-state index is 6.21. The van der Waals surface area contributed by atoms with E-state index in [2.05, 4.69) is 31.2 Å². The third-order valence-corrected chi connectivity index (χ3v) is 4.10. The summed E-state index contributed by atoms with van der Waals surface area (Å²) in [4.78, 5) is 0. The minimum Gasteiger partial charge on any atom is -0.493 e. The lowest BCUT2D eigenvalue weighted by Crippen LogP contribution is -2.20. The molecule has 0 amide bonds. The lowest BCUT2D eigenvalue weighted by Gasteiger charge is -2.25. The molecular formula is C16H20O3. The van der Waals surface area contributed by atoms with E-state index in [4.69, 9.17) is 14.2 Å². The summed E-state index contributed by atoms with van der Waals surface area (Å²) in [5.41, 5.74) is 2.22. The Hall–Kier alpha value is -1.48. The lowest BCUT2D eigenvalue weighted by atomic mass is 9.83. The summed E-state index contributed by atoms with van der Waals surface area (Å²) in [6.07, 6.45) is 7.80. The second kappa shape index (κ2) is 4.57. The molecule has 2 bridgehead atoms. The first-order chi connectivity index (χ1) is 9.24. The zero-order chi connectivity index (χ0) is 13.5. The van der Waals surface area contributed by atoms with E-state index in [1.165, 1.54) is 17.5 Å². The number of rotatable bonds is 5. The molecule has 3 rings (SSSR count). The molecule has 0 fully saturated rings. The largest absolute Gasteiger partial charge is 0.493 e. The van der Waals surface area contributed by atoms with Crippen LogP contribution in [0.5, 0.6) is 11.5 Å². The van der Waals surface area contributed by atoms with Gasteiger partial charge in [-0.3, -0.25) is 0 Å². The highest BCUT2D eigenvalue weighted by Crippen LogP contribution is 2.54. The maximum Gasteiger partial charge on any atom is 0.161 e. The van der Waals surface area contributed by atoms with Crippen LogP contribution in [0.15, 0.2) is 24.3 Å². The van der Waals surface area contributed by atoms with Gasteiger partial charge in [-0.05, 0) is 35.8 Å². The fourth-order valence-corrected chi connectivity index (χ4v) is 3.08. The predicted octanol–water partition coefficient (Wildman–Crippen LogP) is 3.73. The Morgan fingerprint density at radius 3 is 2.63 bits per heavy atom. The Morgan fingerprint density at radius 2 is 1.95 bits per heavy atom. The van der Waals surface area contributed by atoms with Gasteiger partial charge in [0.25, 0.3) is 0 Å².